The number of ether oxygens (including phenoxy) is 1. The van der Waals surface area contributed by atoms with Crippen LogP contribution in [0.4, 0.5) is 0 Å². The van der Waals surface area contributed by atoms with Crippen LogP contribution in [0, 0.1) is 0 Å². The number of nitrogens with one attached hydrogen (secondary N) is 1. The third-order valence-corrected chi connectivity index (χ3v) is 3.91. The fourth-order valence-electron chi connectivity index (χ4n) is 2.67. The van der Waals surface area contributed by atoms with Crippen LogP contribution in [-0.4, -0.2) is 19.2 Å². The molecule has 1 fully saturated rings. The Morgan fingerprint density at radius 3 is 2.39 bits per heavy atom. The third-order valence-electron chi connectivity index (χ3n) is 3.91. The van der Waals surface area contributed by atoms with E-state index in [2.05, 4.69) is 43.4 Å². The lowest BCUT2D eigenvalue weighted by atomic mass is 9.92. The van der Waals surface area contributed by atoms with E-state index in [1.165, 1.54) is 24.8 Å². The minimum Gasteiger partial charge on any atom is -0.489 e. The molecule has 1 aromatic rings. The van der Waals surface area contributed by atoms with Gasteiger partial charge in [-0.2, -0.15) is 0 Å². The van der Waals surface area contributed by atoms with E-state index < -0.39 is 0 Å². The highest BCUT2D eigenvalue weighted by Crippen LogP contribution is 2.25. The second kappa shape index (κ2) is 6.24. The fraction of sp³-hybridized carbons (Fsp3) is 0.625. The zero-order valence-corrected chi connectivity index (χ0v) is 11.8. The van der Waals surface area contributed by atoms with E-state index in [4.69, 9.17) is 4.74 Å². The molecule has 0 heterocycles. The highest BCUT2D eigenvalue weighted by atomic mass is 16.5. The van der Waals surface area contributed by atoms with Gasteiger partial charge in [-0.3, -0.25) is 0 Å². The van der Waals surface area contributed by atoms with Crippen molar-refractivity contribution in [2.75, 3.05) is 7.05 Å². The molecule has 0 saturated heterocycles. The number of benzene rings is 1. The van der Waals surface area contributed by atoms with Gasteiger partial charge < -0.3 is 10.1 Å². The Hall–Kier alpha value is -1.02. The summed E-state index contributed by atoms with van der Waals surface area (Å²) < 4.78 is 6.13. The highest BCUT2D eigenvalue weighted by Gasteiger charge is 2.25. The van der Waals surface area contributed by atoms with Crippen molar-refractivity contribution in [3.05, 3.63) is 29.8 Å². The predicted molar refractivity (Wildman–Crippen MR) is 76.3 cm³/mol. The summed E-state index contributed by atoms with van der Waals surface area (Å²) in [6.07, 6.45) is 5.32. The molecule has 1 N–H and O–H groups in total. The molecule has 2 nitrogen and oxygen atoms in total. The van der Waals surface area contributed by atoms with Crippen LogP contribution in [0.15, 0.2) is 24.3 Å². The van der Waals surface area contributed by atoms with E-state index in [0.717, 1.165) is 12.2 Å². The fourth-order valence-corrected chi connectivity index (χ4v) is 2.67. The largest absolute Gasteiger partial charge is 0.489 e. The van der Waals surface area contributed by atoms with E-state index in [1.807, 2.05) is 7.05 Å². The van der Waals surface area contributed by atoms with Gasteiger partial charge in [-0.15, -0.1) is 0 Å². The SMILES string of the molecule is CNC1CCCCC1Oc1ccc(C(C)C)cc1. The molecule has 0 bridgehead atoms. The smallest absolute Gasteiger partial charge is 0.119 e. The van der Waals surface area contributed by atoms with Crippen molar-refractivity contribution in [3.8, 4) is 5.75 Å². The lowest BCUT2D eigenvalue weighted by Crippen LogP contribution is -2.43. The van der Waals surface area contributed by atoms with Gasteiger partial charge in [0.15, 0.2) is 0 Å². The monoisotopic (exact) mass is 247 g/mol. The van der Waals surface area contributed by atoms with Crippen molar-refractivity contribution in [1.82, 2.24) is 5.32 Å². The first-order valence-corrected chi connectivity index (χ1v) is 7.14. The van der Waals surface area contributed by atoms with Crippen LogP contribution in [-0.2, 0) is 0 Å². The minimum absolute atomic E-state index is 0.327. The molecular weight excluding hydrogens is 222 g/mol. The topological polar surface area (TPSA) is 21.3 Å². The number of likely N-dealkylation sites (N-methyl/N-ethyl adjacent to an activating group) is 1. The Bertz CT molecular complexity index is 358. The van der Waals surface area contributed by atoms with Gasteiger partial charge in [-0.1, -0.05) is 32.4 Å². The molecular formula is C16H25NO. The molecule has 2 rings (SSSR count). The summed E-state index contributed by atoms with van der Waals surface area (Å²) in [4.78, 5) is 0. The first kappa shape index (κ1) is 13.4. The average Bonchev–Trinajstić information content (AvgIpc) is 2.40. The van der Waals surface area contributed by atoms with Crippen LogP contribution >= 0.6 is 0 Å². The molecule has 0 aromatic heterocycles. The average molecular weight is 247 g/mol. The lowest BCUT2D eigenvalue weighted by molar-refractivity contribution is 0.118. The van der Waals surface area contributed by atoms with Gasteiger partial charge in [-0.25, -0.2) is 0 Å². The molecule has 1 aliphatic rings. The zero-order valence-electron chi connectivity index (χ0n) is 11.8. The summed E-state index contributed by atoms with van der Waals surface area (Å²) in [5.41, 5.74) is 1.37. The van der Waals surface area contributed by atoms with Crippen molar-refractivity contribution in [2.45, 2.75) is 57.6 Å². The highest BCUT2D eigenvalue weighted by molar-refractivity contribution is 5.29. The standard InChI is InChI=1S/C16H25NO/c1-12(2)13-8-10-14(11-9-13)18-16-7-5-4-6-15(16)17-3/h8-12,15-17H,4-7H2,1-3H3. The van der Waals surface area contributed by atoms with Gasteiger partial charge in [0, 0.05) is 6.04 Å². The molecule has 18 heavy (non-hydrogen) atoms. The summed E-state index contributed by atoms with van der Waals surface area (Å²) in [5.74, 6) is 1.59. The van der Waals surface area contributed by atoms with Crippen molar-refractivity contribution in [1.29, 1.82) is 0 Å². The molecule has 100 valence electrons. The molecule has 1 saturated carbocycles. The van der Waals surface area contributed by atoms with Crippen LogP contribution < -0.4 is 10.1 Å². The summed E-state index contributed by atoms with van der Waals surface area (Å²) >= 11 is 0. The summed E-state index contributed by atoms with van der Waals surface area (Å²) in [5, 5.41) is 3.38. The maximum Gasteiger partial charge on any atom is 0.119 e. The van der Waals surface area contributed by atoms with Gasteiger partial charge in [0.25, 0.3) is 0 Å². The third kappa shape index (κ3) is 3.26. The number of hydrogen-bond acceptors (Lipinski definition) is 2. The van der Waals surface area contributed by atoms with Gasteiger partial charge in [0.05, 0.1) is 0 Å². The van der Waals surface area contributed by atoms with E-state index in [1.54, 1.807) is 0 Å². The van der Waals surface area contributed by atoms with Crippen LogP contribution in [0.3, 0.4) is 0 Å². The maximum atomic E-state index is 6.13. The molecule has 0 radical (unpaired) electrons. The van der Waals surface area contributed by atoms with Crippen LogP contribution in [0.1, 0.15) is 51.0 Å². The Labute approximate surface area is 111 Å². The number of hydrogen-bond donors (Lipinski definition) is 1. The van der Waals surface area contributed by atoms with Gasteiger partial charge in [-0.05, 0) is 49.9 Å². The maximum absolute atomic E-state index is 6.13. The van der Waals surface area contributed by atoms with E-state index in [9.17, 15) is 0 Å². The Morgan fingerprint density at radius 2 is 1.78 bits per heavy atom. The molecule has 0 spiro atoms. The van der Waals surface area contributed by atoms with E-state index in [-0.39, 0.29) is 0 Å². The first-order valence-electron chi connectivity index (χ1n) is 7.14. The van der Waals surface area contributed by atoms with Gasteiger partial charge >= 0.3 is 0 Å². The molecule has 1 aliphatic carbocycles. The van der Waals surface area contributed by atoms with Crippen molar-refractivity contribution in [3.63, 3.8) is 0 Å². The van der Waals surface area contributed by atoms with Gasteiger partial charge in [0.2, 0.25) is 0 Å². The quantitative estimate of drug-likeness (QED) is 0.875. The molecule has 2 heteroatoms. The van der Waals surface area contributed by atoms with Crippen LogP contribution in [0.5, 0.6) is 5.75 Å². The van der Waals surface area contributed by atoms with Gasteiger partial charge in [0.1, 0.15) is 11.9 Å². The Morgan fingerprint density at radius 1 is 1.11 bits per heavy atom. The second-order valence-electron chi connectivity index (χ2n) is 5.56. The van der Waals surface area contributed by atoms with Crippen molar-refractivity contribution >= 4 is 0 Å². The summed E-state index contributed by atoms with van der Waals surface area (Å²) in [7, 11) is 2.04. The van der Waals surface area contributed by atoms with E-state index in [0.29, 0.717) is 18.1 Å². The second-order valence-corrected chi connectivity index (χ2v) is 5.56. The van der Waals surface area contributed by atoms with E-state index >= 15 is 0 Å². The van der Waals surface area contributed by atoms with Crippen molar-refractivity contribution < 1.29 is 4.74 Å². The zero-order chi connectivity index (χ0) is 13.0. The lowest BCUT2D eigenvalue weighted by Gasteiger charge is -2.31. The molecule has 0 amide bonds. The van der Waals surface area contributed by atoms with Crippen LogP contribution in [0.2, 0.25) is 0 Å². The molecule has 2 atom stereocenters. The van der Waals surface area contributed by atoms with Crippen molar-refractivity contribution in [2.24, 2.45) is 0 Å². The Kier molecular flexibility index (Phi) is 4.65. The molecule has 1 aromatic carbocycles. The summed E-state index contributed by atoms with van der Waals surface area (Å²) in [6, 6.07) is 9.07. The minimum atomic E-state index is 0.327. The van der Waals surface area contributed by atoms with Crippen LogP contribution in [0.25, 0.3) is 0 Å². The Balaban J connectivity index is 1.99. The first-order chi connectivity index (χ1) is 8.70. The normalized spacial score (nSPS) is 24.2. The number of rotatable bonds is 4. The molecule has 2 unspecified atom stereocenters. The predicted octanol–water partition coefficient (Wildman–Crippen LogP) is 3.72. The summed E-state index contributed by atoms with van der Waals surface area (Å²) in [6.45, 7) is 4.43. The molecule has 0 aliphatic heterocycles.